The number of anilines is 1. The number of nitrogens with zero attached hydrogens (tertiary/aromatic N) is 4. The van der Waals surface area contributed by atoms with Gasteiger partial charge in [-0.25, -0.2) is 9.88 Å². The molecule has 1 aromatic heterocycles. The fourth-order valence-corrected chi connectivity index (χ4v) is 5.87. The van der Waals surface area contributed by atoms with Crippen LogP contribution in [0.25, 0.3) is 20.8 Å². The van der Waals surface area contributed by atoms with Gasteiger partial charge in [0.25, 0.3) is 17.5 Å². The van der Waals surface area contributed by atoms with Gasteiger partial charge in [-0.2, -0.15) is 0 Å². The Morgan fingerprint density at radius 2 is 1.76 bits per heavy atom. The lowest BCUT2D eigenvalue weighted by atomic mass is 10.1. The quantitative estimate of drug-likeness (QED) is 0.196. The number of thiazole rings is 1. The normalized spacial score (nSPS) is 17.3. The van der Waals surface area contributed by atoms with E-state index in [0.29, 0.717) is 5.69 Å². The van der Waals surface area contributed by atoms with Gasteiger partial charge in [-0.15, -0.1) is 11.3 Å². The number of carbonyl (C=O) groups is 3. The molecule has 38 heavy (non-hydrogen) atoms. The molecule has 190 valence electrons. The fourth-order valence-electron chi connectivity index (χ4n) is 4.80. The second kappa shape index (κ2) is 9.14. The summed E-state index contributed by atoms with van der Waals surface area (Å²) in [5, 5.41) is 11.8. The number of benzene rings is 3. The summed E-state index contributed by atoms with van der Waals surface area (Å²) in [5.41, 5.74) is 3.54. The van der Waals surface area contributed by atoms with Crippen LogP contribution in [0.4, 0.5) is 11.4 Å². The predicted molar refractivity (Wildman–Crippen MR) is 143 cm³/mol. The van der Waals surface area contributed by atoms with Crippen molar-refractivity contribution in [2.24, 2.45) is 0 Å². The number of carbonyl (C=O) groups excluding carboxylic acids is 3. The zero-order valence-corrected chi connectivity index (χ0v) is 21.2. The van der Waals surface area contributed by atoms with Crippen LogP contribution in [0.5, 0.6) is 0 Å². The molecule has 3 amide bonds. The molecule has 2 fully saturated rings. The third-order valence-corrected chi connectivity index (χ3v) is 7.94. The molecule has 2 aliphatic rings. The Kier molecular flexibility index (Phi) is 5.76. The molecule has 3 aromatic carbocycles. The third kappa shape index (κ3) is 4.22. The molecule has 4 aromatic rings. The first-order valence-electron chi connectivity index (χ1n) is 12.2. The Morgan fingerprint density at radius 1 is 1.05 bits per heavy atom. The Labute approximate surface area is 221 Å². The molecule has 0 bridgehead atoms. The van der Waals surface area contributed by atoms with Gasteiger partial charge >= 0.3 is 0 Å². The number of nitro benzene ring substituents is 1. The second-order valence-electron chi connectivity index (χ2n) is 9.57. The average Bonchev–Trinajstić information content (AvgIpc) is 3.58. The highest BCUT2D eigenvalue weighted by molar-refractivity contribution is 7.21. The minimum atomic E-state index is -0.912. The van der Waals surface area contributed by atoms with E-state index in [1.54, 1.807) is 23.5 Å². The molecule has 1 unspecified atom stereocenters. The number of aromatic nitrogens is 1. The van der Waals surface area contributed by atoms with Gasteiger partial charge in [0.15, 0.2) is 0 Å². The summed E-state index contributed by atoms with van der Waals surface area (Å²) in [4.78, 5) is 57.6. The molecule has 0 radical (unpaired) electrons. The molecule has 6 rings (SSSR count). The van der Waals surface area contributed by atoms with Crippen LogP contribution in [-0.2, 0) is 9.59 Å². The number of amides is 3. The van der Waals surface area contributed by atoms with E-state index in [4.69, 9.17) is 4.98 Å². The van der Waals surface area contributed by atoms with E-state index in [2.05, 4.69) is 6.07 Å². The van der Waals surface area contributed by atoms with E-state index in [0.717, 1.165) is 44.1 Å². The van der Waals surface area contributed by atoms with Crippen molar-refractivity contribution in [2.75, 3.05) is 4.90 Å². The molecular weight excluding hydrogens is 504 g/mol. The van der Waals surface area contributed by atoms with Crippen LogP contribution < -0.4 is 4.90 Å². The third-order valence-electron chi connectivity index (χ3n) is 6.87. The zero-order chi connectivity index (χ0) is 26.6. The summed E-state index contributed by atoms with van der Waals surface area (Å²) in [6.07, 6.45) is 1.38. The maximum atomic E-state index is 13.5. The topological polar surface area (TPSA) is 114 Å². The van der Waals surface area contributed by atoms with Gasteiger partial charge in [-0.1, -0.05) is 6.07 Å². The van der Waals surface area contributed by atoms with Crippen LogP contribution in [0.3, 0.4) is 0 Å². The van der Waals surface area contributed by atoms with Gasteiger partial charge in [-0.3, -0.25) is 24.5 Å². The van der Waals surface area contributed by atoms with Crippen molar-refractivity contribution < 1.29 is 19.3 Å². The lowest BCUT2D eigenvalue weighted by molar-refractivity contribution is -0.384. The number of hydrogen-bond acceptors (Lipinski definition) is 7. The molecule has 10 heteroatoms. The minimum absolute atomic E-state index is 0.104. The Morgan fingerprint density at radius 3 is 2.42 bits per heavy atom. The summed E-state index contributed by atoms with van der Waals surface area (Å²) in [5.74, 6) is -1.22. The molecular formula is C28H22N4O5S. The Hall–Kier alpha value is -4.44. The van der Waals surface area contributed by atoms with Gasteiger partial charge in [0.2, 0.25) is 5.91 Å². The lowest BCUT2D eigenvalue weighted by Crippen LogP contribution is -2.46. The first-order valence-corrected chi connectivity index (χ1v) is 13.0. The fraction of sp³-hybridized carbons (Fsp3) is 0.214. The zero-order valence-electron chi connectivity index (χ0n) is 20.4. The molecule has 1 aliphatic carbocycles. The maximum Gasteiger partial charge on any atom is 0.269 e. The van der Waals surface area contributed by atoms with E-state index in [-0.39, 0.29) is 29.6 Å². The van der Waals surface area contributed by atoms with Crippen LogP contribution >= 0.6 is 11.3 Å². The van der Waals surface area contributed by atoms with Crippen LogP contribution in [0.2, 0.25) is 0 Å². The highest BCUT2D eigenvalue weighted by Crippen LogP contribution is 2.36. The van der Waals surface area contributed by atoms with Gasteiger partial charge in [-0.05, 0) is 73.9 Å². The van der Waals surface area contributed by atoms with E-state index >= 15 is 0 Å². The van der Waals surface area contributed by atoms with Crippen molar-refractivity contribution in [1.82, 2.24) is 9.88 Å². The number of fused-ring (bicyclic) bond motifs is 1. The highest BCUT2D eigenvalue weighted by atomic mass is 32.1. The monoisotopic (exact) mass is 526 g/mol. The van der Waals surface area contributed by atoms with Gasteiger partial charge in [0, 0.05) is 29.3 Å². The first kappa shape index (κ1) is 23.9. The number of imide groups is 1. The number of rotatable bonds is 6. The Balaban J connectivity index is 1.24. The number of non-ortho nitro benzene ring substituents is 1. The second-order valence-corrected chi connectivity index (χ2v) is 10.6. The van der Waals surface area contributed by atoms with E-state index < -0.39 is 22.8 Å². The Bertz CT molecular complexity index is 1610. The summed E-state index contributed by atoms with van der Waals surface area (Å²) in [6.45, 7) is 2.04. The highest BCUT2D eigenvalue weighted by Gasteiger charge is 2.49. The lowest BCUT2D eigenvalue weighted by Gasteiger charge is -2.27. The maximum absolute atomic E-state index is 13.5. The summed E-state index contributed by atoms with van der Waals surface area (Å²) < 4.78 is 1.09. The van der Waals surface area contributed by atoms with Gasteiger partial charge in [0.05, 0.1) is 27.2 Å². The summed E-state index contributed by atoms with van der Waals surface area (Å²) in [7, 11) is 0. The SMILES string of the molecule is Cc1ccc2nc(-c3ccc(N4C(=O)CC(N(C(=O)c5ccc([N+](=O)[O-])cc5)C5CC5)C4=O)cc3)sc2c1. The number of hydrogen-bond donors (Lipinski definition) is 0. The van der Waals surface area contributed by atoms with Crippen LogP contribution in [0.15, 0.2) is 66.7 Å². The molecule has 0 spiro atoms. The molecule has 1 atom stereocenters. The van der Waals surface area contributed by atoms with Crippen molar-refractivity contribution in [1.29, 1.82) is 0 Å². The molecule has 1 saturated carbocycles. The minimum Gasteiger partial charge on any atom is -0.323 e. The molecule has 0 N–H and O–H groups in total. The largest absolute Gasteiger partial charge is 0.323 e. The predicted octanol–water partition coefficient (Wildman–Crippen LogP) is 5.12. The smallest absolute Gasteiger partial charge is 0.269 e. The molecule has 9 nitrogen and oxygen atoms in total. The van der Waals surface area contributed by atoms with Crippen LogP contribution in [0.1, 0.15) is 35.2 Å². The van der Waals surface area contributed by atoms with E-state index in [1.807, 2.05) is 31.2 Å². The summed E-state index contributed by atoms with van der Waals surface area (Å²) in [6, 6.07) is 17.5. The molecule has 1 aliphatic heterocycles. The van der Waals surface area contributed by atoms with Crippen molar-refractivity contribution in [2.45, 2.75) is 38.3 Å². The van der Waals surface area contributed by atoms with E-state index in [1.165, 1.54) is 29.2 Å². The van der Waals surface area contributed by atoms with Crippen LogP contribution in [-0.4, -0.2) is 44.6 Å². The molecule has 1 saturated heterocycles. The first-order chi connectivity index (χ1) is 18.3. The van der Waals surface area contributed by atoms with Crippen molar-refractivity contribution in [3.8, 4) is 10.6 Å². The van der Waals surface area contributed by atoms with Crippen molar-refractivity contribution in [3.63, 3.8) is 0 Å². The van der Waals surface area contributed by atoms with Gasteiger partial charge in [0.1, 0.15) is 11.0 Å². The standard InChI is InChI=1S/C28H22N4O5S/c1-16-2-13-22-24(14-16)38-26(29-22)17-3-7-20(8-4-17)31-25(33)15-23(28(31)35)30(19-11-12-19)27(34)18-5-9-21(10-6-18)32(36)37/h2-10,13-14,19,23H,11-12,15H2,1H3. The number of nitro groups is 1. The van der Waals surface area contributed by atoms with Crippen molar-refractivity contribution in [3.05, 3.63) is 88.0 Å². The number of aryl methyl sites for hydroxylation is 1. The van der Waals surface area contributed by atoms with Crippen molar-refractivity contribution >= 4 is 50.6 Å². The summed E-state index contributed by atoms with van der Waals surface area (Å²) >= 11 is 1.58. The van der Waals surface area contributed by atoms with Gasteiger partial charge < -0.3 is 4.90 Å². The van der Waals surface area contributed by atoms with Crippen LogP contribution in [0, 0.1) is 17.0 Å². The van der Waals surface area contributed by atoms with E-state index in [9.17, 15) is 24.5 Å². The average molecular weight is 527 g/mol. The molecule has 2 heterocycles.